The number of carbonyl (C=O) groups is 1. The summed E-state index contributed by atoms with van der Waals surface area (Å²) in [4.78, 5) is 33.6. The summed E-state index contributed by atoms with van der Waals surface area (Å²) in [6, 6.07) is 22.2. The second-order valence-corrected chi connectivity index (χ2v) is 8.17. The van der Waals surface area contributed by atoms with Gasteiger partial charge in [-0.25, -0.2) is 4.98 Å². The predicted octanol–water partition coefficient (Wildman–Crippen LogP) is 4.69. The molecule has 6 nitrogen and oxygen atoms in total. The summed E-state index contributed by atoms with van der Waals surface area (Å²) in [5.41, 5.74) is 3.19. The van der Waals surface area contributed by atoms with Crippen LogP contribution in [0.2, 0.25) is 0 Å². The molecule has 0 unspecified atom stereocenters. The summed E-state index contributed by atoms with van der Waals surface area (Å²) >= 11 is 0. The van der Waals surface area contributed by atoms with Gasteiger partial charge in [-0.3, -0.25) is 14.2 Å². The summed E-state index contributed by atoms with van der Waals surface area (Å²) in [6.45, 7) is 3.97. The molecule has 1 aliphatic rings. The van der Waals surface area contributed by atoms with Crippen LogP contribution in [-0.4, -0.2) is 28.6 Å². The van der Waals surface area contributed by atoms with E-state index in [1.54, 1.807) is 36.3 Å². The number of nitrogens with zero attached hydrogens (tertiary/aromatic N) is 3. The van der Waals surface area contributed by atoms with Crippen LogP contribution in [-0.2, 0) is 4.79 Å². The standard InChI is InChI=1S/C27H23N3O3/c1-17(2)29-24-14-7-5-11-20(24)22(27(29)32)16-25-28-23-13-6-4-12-21(23)26(31)30(25)18-9-8-10-19(15-18)33-3/h4-17H,1-3H3/b22-16-. The summed E-state index contributed by atoms with van der Waals surface area (Å²) in [7, 11) is 1.58. The van der Waals surface area contributed by atoms with E-state index in [0.717, 1.165) is 11.3 Å². The fourth-order valence-corrected chi connectivity index (χ4v) is 4.29. The van der Waals surface area contributed by atoms with Crippen LogP contribution in [0.5, 0.6) is 5.75 Å². The molecule has 1 aliphatic heterocycles. The smallest absolute Gasteiger partial charge is 0.266 e. The van der Waals surface area contributed by atoms with Crippen molar-refractivity contribution in [2.24, 2.45) is 0 Å². The zero-order chi connectivity index (χ0) is 23.1. The number of fused-ring (bicyclic) bond motifs is 2. The third kappa shape index (κ3) is 3.40. The van der Waals surface area contributed by atoms with Crippen molar-refractivity contribution in [3.63, 3.8) is 0 Å². The molecular formula is C27H23N3O3. The number of benzene rings is 3. The van der Waals surface area contributed by atoms with Gasteiger partial charge in [0.15, 0.2) is 0 Å². The fraction of sp³-hybridized carbons (Fsp3) is 0.148. The van der Waals surface area contributed by atoms with E-state index in [2.05, 4.69) is 0 Å². The van der Waals surface area contributed by atoms with Crippen LogP contribution in [0, 0.1) is 0 Å². The lowest BCUT2D eigenvalue weighted by atomic mass is 10.1. The number of hydrogen-bond acceptors (Lipinski definition) is 4. The number of aromatic nitrogens is 2. The Labute approximate surface area is 191 Å². The van der Waals surface area contributed by atoms with Crippen LogP contribution in [0.15, 0.2) is 77.6 Å². The van der Waals surface area contributed by atoms with Gasteiger partial charge in [0.25, 0.3) is 11.5 Å². The zero-order valence-electron chi connectivity index (χ0n) is 18.6. The van der Waals surface area contributed by atoms with Crippen molar-refractivity contribution in [2.45, 2.75) is 19.9 Å². The minimum Gasteiger partial charge on any atom is -0.497 e. The van der Waals surface area contributed by atoms with Gasteiger partial charge in [-0.05, 0) is 50.3 Å². The zero-order valence-corrected chi connectivity index (χ0v) is 18.6. The van der Waals surface area contributed by atoms with Crippen molar-refractivity contribution in [2.75, 3.05) is 12.0 Å². The van der Waals surface area contributed by atoms with E-state index in [4.69, 9.17) is 9.72 Å². The molecule has 1 aromatic heterocycles. The van der Waals surface area contributed by atoms with Crippen LogP contribution in [0.1, 0.15) is 25.2 Å². The number of amides is 1. The van der Waals surface area contributed by atoms with Gasteiger partial charge in [-0.2, -0.15) is 0 Å². The minimum absolute atomic E-state index is 0.00492. The van der Waals surface area contributed by atoms with E-state index in [0.29, 0.717) is 33.7 Å². The lowest BCUT2D eigenvalue weighted by molar-refractivity contribution is -0.113. The number of rotatable bonds is 4. The maximum atomic E-state index is 13.6. The van der Waals surface area contributed by atoms with Crippen LogP contribution < -0.4 is 15.2 Å². The molecule has 0 atom stereocenters. The van der Waals surface area contributed by atoms with Gasteiger partial charge in [-0.1, -0.05) is 36.4 Å². The summed E-state index contributed by atoms with van der Waals surface area (Å²) in [5.74, 6) is 0.904. The van der Waals surface area contributed by atoms with E-state index < -0.39 is 0 Å². The topological polar surface area (TPSA) is 64.4 Å². The van der Waals surface area contributed by atoms with E-state index in [1.165, 1.54) is 4.57 Å². The molecule has 3 aromatic carbocycles. The molecule has 0 saturated carbocycles. The molecule has 33 heavy (non-hydrogen) atoms. The van der Waals surface area contributed by atoms with E-state index >= 15 is 0 Å². The van der Waals surface area contributed by atoms with E-state index in [-0.39, 0.29) is 17.5 Å². The first-order valence-electron chi connectivity index (χ1n) is 10.8. The largest absolute Gasteiger partial charge is 0.497 e. The van der Waals surface area contributed by atoms with Crippen molar-refractivity contribution >= 4 is 34.1 Å². The molecule has 0 spiro atoms. The minimum atomic E-state index is -0.208. The first kappa shape index (κ1) is 20.7. The fourth-order valence-electron chi connectivity index (χ4n) is 4.29. The molecule has 4 aromatic rings. The molecule has 6 heteroatoms. The van der Waals surface area contributed by atoms with Gasteiger partial charge >= 0.3 is 0 Å². The highest BCUT2D eigenvalue weighted by Gasteiger charge is 2.34. The molecule has 0 N–H and O–H groups in total. The van der Waals surface area contributed by atoms with Gasteiger partial charge in [-0.15, -0.1) is 0 Å². The Kier molecular flexibility index (Phi) is 5.05. The monoisotopic (exact) mass is 437 g/mol. The Balaban J connectivity index is 1.81. The van der Waals surface area contributed by atoms with Gasteiger partial charge in [0.2, 0.25) is 0 Å². The van der Waals surface area contributed by atoms with Crippen LogP contribution in [0.4, 0.5) is 5.69 Å². The summed E-state index contributed by atoms with van der Waals surface area (Å²) in [6.07, 6.45) is 1.72. The van der Waals surface area contributed by atoms with Crippen molar-refractivity contribution in [1.29, 1.82) is 0 Å². The number of carbonyl (C=O) groups excluding carboxylic acids is 1. The van der Waals surface area contributed by atoms with Gasteiger partial charge < -0.3 is 9.64 Å². The molecule has 2 heterocycles. The third-order valence-electron chi connectivity index (χ3n) is 5.81. The first-order chi connectivity index (χ1) is 16.0. The van der Waals surface area contributed by atoms with Crippen molar-refractivity contribution in [1.82, 2.24) is 9.55 Å². The maximum Gasteiger partial charge on any atom is 0.266 e. The van der Waals surface area contributed by atoms with Crippen LogP contribution >= 0.6 is 0 Å². The van der Waals surface area contributed by atoms with Crippen molar-refractivity contribution < 1.29 is 9.53 Å². The summed E-state index contributed by atoms with van der Waals surface area (Å²) < 4.78 is 6.90. The van der Waals surface area contributed by atoms with Crippen molar-refractivity contribution in [3.05, 3.63) is 94.5 Å². The van der Waals surface area contributed by atoms with Gasteiger partial charge in [0, 0.05) is 17.7 Å². The van der Waals surface area contributed by atoms with Gasteiger partial charge in [0.05, 0.1) is 35.0 Å². The number of ether oxygens (including phenoxy) is 1. The lowest BCUT2D eigenvalue weighted by Gasteiger charge is -2.21. The third-order valence-corrected chi connectivity index (χ3v) is 5.81. The SMILES string of the molecule is COc1cccc(-n2c(/C=C3\C(=O)N(C(C)C)c4ccccc43)nc3ccccc3c2=O)c1. The second-order valence-electron chi connectivity index (χ2n) is 8.17. The number of para-hydroxylation sites is 2. The molecule has 0 radical (unpaired) electrons. The molecular weight excluding hydrogens is 414 g/mol. The summed E-state index contributed by atoms with van der Waals surface area (Å²) in [5, 5.41) is 0.504. The molecule has 0 saturated heterocycles. The Hall–Kier alpha value is -4.19. The molecule has 1 amide bonds. The normalized spacial score (nSPS) is 14.4. The van der Waals surface area contributed by atoms with Crippen LogP contribution in [0.3, 0.4) is 0 Å². The number of methoxy groups -OCH3 is 1. The molecule has 0 fully saturated rings. The Morgan fingerprint density at radius 3 is 2.48 bits per heavy atom. The van der Waals surface area contributed by atoms with E-state index in [9.17, 15) is 9.59 Å². The predicted molar refractivity (Wildman–Crippen MR) is 131 cm³/mol. The molecule has 164 valence electrons. The van der Waals surface area contributed by atoms with E-state index in [1.807, 2.05) is 68.4 Å². The molecule has 0 bridgehead atoms. The Morgan fingerprint density at radius 2 is 1.70 bits per heavy atom. The lowest BCUT2D eigenvalue weighted by Crippen LogP contribution is -2.33. The Bertz CT molecular complexity index is 1480. The maximum absolute atomic E-state index is 13.6. The highest BCUT2D eigenvalue weighted by molar-refractivity contribution is 6.35. The molecule has 0 aliphatic carbocycles. The second kappa shape index (κ2) is 8.06. The highest BCUT2D eigenvalue weighted by atomic mass is 16.5. The Morgan fingerprint density at radius 1 is 0.939 bits per heavy atom. The molecule has 5 rings (SSSR count). The van der Waals surface area contributed by atoms with Crippen molar-refractivity contribution in [3.8, 4) is 11.4 Å². The number of anilines is 1. The number of hydrogen-bond donors (Lipinski definition) is 0. The van der Waals surface area contributed by atoms with Crippen LogP contribution in [0.25, 0.3) is 28.2 Å². The average Bonchev–Trinajstić information content (AvgIpc) is 3.10. The van der Waals surface area contributed by atoms with Gasteiger partial charge in [0.1, 0.15) is 11.6 Å². The highest BCUT2D eigenvalue weighted by Crippen LogP contribution is 2.38. The quantitative estimate of drug-likeness (QED) is 0.435. The average molecular weight is 437 g/mol. The first-order valence-corrected chi connectivity index (χ1v) is 10.8.